The third-order valence-electron chi connectivity index (χ3n) is 2.67. The van der Waals surface area contributed by atoms with E-state index >= 15 is 0 Å². The fraction of sp³-hybridized carbons (Fsp3) is 0.400. The van der Waals surface area contributed by atoms with Crippen LogP contribution in [0.1, 0.15) is 36.8 Å². The van der Waals surface area contributed by atoms with Crippen molar-refractivity contribution in [2.75, 3.05) is 11.5 Å². The summed E-state index contributed by atoms with van der Waals surface area (Å²) in [5.74, 6) is 0.975. The highest BCUT2D eigenvalue weighted by Gasteiger charge is 2.17. The Morgan fingerprint density at radius 3 is 2.62 bits per heavy atom. The SMILES string of the molecule is CCc1[nH]c(N)nc1[C@@H](C)c1cnc(N)[nH]1. The van der Waals surface area contributed by atoms with E-state index < -0.39 is 0 Å². The predicted molar refractivity (Wildman–Crippen MR) is 62.9 cm³/mol. The molecule has 0 aliphatic rings. The second kappa shape index (κ2) is 3.88. The van der Waals surface area contributed by atoms with Gasteiger partial charge in [-0.3, -0.25) is 0 Å². The molecule has 0 radical (unpaired) electrons. The average molecular weight is 220 g/mol. The van der Waals surface area contributed by atoms with E-state index in [2.05, 4.69) is 26.9 Å². The number of nitrogens with zero attached hydrogens (tertiary/aromatic N) is 2. The number of aromatic nitrogens is 4. The van der Waals surface area contributed by atoms with Crippen molar-refractivity contribution in [1.29, 1.82) is 0 Å². The molecule has 2 heterocycles. The predicted octanol–water partition coefficient (Wildman–Crippen LogP) is 1.01. The highest BCUT2D eigenvalue weighted by atomic mass is 15.1. The maximum absolute atomic E-state index is 5.66. The summed E-state index contributed by atoms with van der Waals surface area (Å²) < 4.78 is 0. The average Bonchev–Trinajstić information content (AvgIpc) is 2.83. The number of nitrogens with two attached hydrogens (primary N) is 2. The molecule has 0 saturated heterocycles. The van der Waals surface area contributed by atoms with Gasteiger partial charge in [-0.25, -0.2) is 9.97 Å². The Kier molecular flexibility index (Phi) is 2.55. The molecule has 0 spiro atoms. The molecular formula is C10H16N6. The Hall–Kier alpha value is -1.98. The molecule has 2 aromatic heterocycles. The van der Waals surface area contributed by atoms with Crippen LogP contribution in [-0.4, -0.2) is 19.9 Å². The van der Waals surface area contributed by atoms with Gasteiger partial charge in [0.1, 0.15) is 0 Å². The lowest BCUT2D eigenvalue weighted by molar-refractivity contribution is 0.829. The molecule has 6 heteroatoms. The third-order valence-corrected chi connectivity index (χ3v) is 2.67. The van der Waals surface area contributed by atoms with Crippen LogP contribution in [0.4, 0.5) is 11.9 Å². The topological polar surface area (TPSA) is 109 Å². The van der Waals surface area contributed by atoms with Crippen molar-refractivity contribution >= 4 is 11.9 Å². The molecule has 0 aliphatic heterocycles. The number of H-pyrrole nitrogens is 2. The smallest absolute Gasteiger partial charge is 0.197 e. The van der Waals surface area contributed by atoms with Gasteiger partial charge >= 0.3 is 0 Å². The number of rotatable bonds is 3. The van der Waals surface area contributed by atoms with E-state index in [1.165, 1.54) is 0 Å². The zero-order valence-corrected chi connectivity index (χ0v) is 9.41. The Bertz CT molecular complexity index is 483. The first-order chi connectivity index (χ1) is 7.61. The Morgan fingerprint density at radius 1 is 1.31 bits per heavy atom. The van der Waals surface area contributed by atoms with Gasteiger partial charge in [-0.2, -0.15) is 0 Å². The van der Waals surface area contributed by atoms with Crippen molar-refractivity contribution in [1.82, 2.24) is 19.9 Å². The lowest BCUT2D eigenvalue weighted by atomic mass is 10.0. The number of hydrogen-bond acceptors (Lipinski definition) is 4. The molecule has 2 aromatic rings. The number of aromatic amines is 2. The molecule has 0 aliphatic carbocycles. The Morgan fingerprint density at radius 2 is 2.06 bits per heavy atom. The fourth-order valence-corrected chi connectivity index (χ4v) is 1.79. The number of aryl methyl sites for hydroxylation is 1. The number of nitrogen functional groups attached to an aromatic ring is 2. The molecular weight excluding hydrogens is 204 g/mol. The van der Waals surface area contributed by atoms with Crippen LogP contribution in [0.15, 0.2) is 6.20 Å². The van der Waals surface area contributed by atoms with E-state index in [0.717, 1.165) is 23.5 Å². The van der Waals surface area contributed by atoms with Crippen LogP contribution in [0.5, 0.6) is 0 Å². The highest BCUT2D eigenvalue weighted by Crippen LogP contribution is 2.25. The van der Waals surface area contributed by atoms with E-state index in [1.54, 1.807) is 6.20 Å². The summed E-state index contributed by atoms with van der Waals surface area (Å²) in [6, 6.07) is 0. The van der Waals surface area contributed by atoms with Gasteiger partial charge in [0, 0.05) is 17.3 Å². The molecule has 86 valence electrons. The number of anilines is 2. The van der Waals surface area contributed by atoms with Gasteiger partial charge in [-0.05, 0) is 6.42 Å². The fourth-order valence-electron chi connectivity index (χ4n) is 1.79. The summed E-state index contributed by atoms with van der Waals surface area (Å²) in [6.07, 6.45) is 2.60. The van der Waals surface area contributed by atoms with Crippen molar-refractivity contribution in [2.45, 2.75) is 26.2 Å². The molecule has 1 atom stereocenters. The van der Waals surface area contributed by atoms with Crippen molar-refractivity contribution in [2.24, 2.45) is 0 Å². The zero-order valence-electron chi connectivity index (χ0n) is 9.41. The van der Waals surface area contributed by atoms with E-state index in [9.17, 15) is 0 Å². The van der Waals surface area contributed by atoms with Gasteiger partial charge in [0.15, 0.2) is 11.9 Å². The second-order valence-electron chi connectivity index (χ2n) is 3.78. The number of hydrogen-bond donors (Lipinski definition) is 4. The summed E-state index contributed by atoms with van der Waals surface area (Å²) >= 11 is 0. The first kappa shape index (κ1) is 10.5. The van der Waals surface area contributed by atoms with Crippen LogP contribution in [0.2, 0.25) is 0 Å². The lowest BCUT2D eigenvalue weighted by Gasteiger charge is -2.07. The number of nitrogens with one attached hydrogen (secondary N) is 2. The molecule has 6 nitrogen and oxygen atoms in total. The zero-order chi connectivity index (χ0) is 11.7. The normalized spacial score (nSPS) is 12.9. The second-order valence-corrected chi connectivity index (χ2v) is 3.78. The maximum Gasteiger partial charge on any atom is 0.197 e. The van der Waals surface area contributed by atoms with Crippen molar-refractivity contribution < 1.29 is 0 Å². The lowest BCUT2D eigenvalue weighted by Crippen LogP contribution is -2.01. The molecule has 0 unspecified atom stereocenters. The van der Waals surface area contributed by atoms with Crippen molar-refractivity contribution in [3.05, 3.63) is 23.3 Å². The largest absolute Gasteiger partial charge is 0.369 e. The Balaban J connectivity index is 2.36. The summed E-state index contributed by atoms with van der Waals surface area (Å²) in [5, 5.41) is 0. The maximum atomic E-state index is 5.66. The molecule has 0 aromatic carbocycles. The third kappa shape index (κ3) is 1.73. The molecule has 6 N–H and O–H groups in total. The minimum atomic E-state index is 0.105. The summed E-state index contributed by atoms with van der Waals surface area (Å²) in [7, 11) is 0. The quantitative estimate of drug-likeness (QED) is 0.618. The molecule has 0 amide bonds. The first-order valence-electron chi connectivity index (χ1n) is 5.26. The van der Waals surface area contributed by atoms with Crippen LogP contribution in [0, 0.1) is 0 Å². The van der Waals surface area contributed by atoms with Gasteiger partial charge in [0.25, 0.3) is 0 Å². The van der Waals surface area contributed by atoms with E-state index in [-0.39, 0.29) is 5.92 Å². The van der Waals surface area contributed by atoms with E-state index in [4.69, 9.17) is 11.5 Å². The van der Waals surface area contributed by atoms with Gasteiger partial charge < -0.3 is 21.4 Å². The van der Waals surface area contributed by atoms with Crippen LogP contribution in [-0.2, 0) is 6.42 Å². The van der Waals surface area contributed by atoms with E-state index in [1.807, 2.05) is 6.92 Å². The van der Waals surface area contributed by atoms with Crippen LogP contribution in [0.3, 0.4) is 0 Å². The van der Waals surface area contributed by atoms with Gasteiger partial charge in [-0.1, -0.05) is 13.8 Å². The summed E-state index contributed by atoms with van der Waals surface area (Å²) in [5.41, 5.74) is 14.2. The molecule has 0 fully saturated rings. The highest BCUT2D eigenvalue weighted by molar-refractivity contribution is 5.34. The van der Waals surface area contributed by atoms with Gasteiger partial charge in [0.2, 0.25) is 0 Å². The standard InChI is InChI=1S/C10H16N6/c1-3-6-8(16-10(12)14-6)5(2)7-4-13-9(11)15-7/h4-5H,3H2,1-2H3,(H3,11,13,15)(H3,12,14,16)/t5-/m0/s1. The van der Waals surface area contributed by atoms with Crippen LogP contribution >= 0.6 is 0 Å². The molecule has 2 rings (SSSR count). The van der Waals surface area contributed by atoms with Crippen LogP contribution in [0.25, 0.3) is 0 Å². The monoisotopic (exact) mass is 220 g/mol. The number of imidazole rings is 2. The molecule has 0 saturated carbocycles. The van der Waals surface area contributed by atoms with Crippen molar-refractivity contribution in [3.8, 4) is 0 Å². The summed E-state index contributed by atoms with van der Waals surface area (Å²) in [6.45, 7) is 4.10. The Labute approximate surface area is 93.5 Å². The molecule has 16 heavy (non-hydrogen) atoms. The summed E-state index contributed by atoms with van der Waals surface area (Å²) in [4.78, 5) is 14.3. The van der Waals surface area contributed by atoms with Crippen molar-refractivity contribution in [3.63, 3.8) is 0 Å². The first-order valence-corrected chi connectivity index (χ1v) is 5.26. The van der Waals surface area contributed by atoms with Gasteiger partial charge in [-0.15, -0.1) is 0 Å². The minimum absolute atomic E-state index is 0.105. The van der Waals surface area contributed by atoms with Gasteiger partial charge in [0.05, 0.1) is 11.9 Å². The molecule has 0 bridgehead atoms. The van der Waals surface area contributed by atoms with E-state index in [0.29, 0.717) is 11.9 Å². The van der Waals surface area contributed by atoms with Crippen LogP contribution < -0.4 is 11.5 Å². The minimum Gasteiger partial charge on any atom is -0.369 e.